The summed E-state index contributed by atoms with van der Waals surface area (Å²) in [5.41, 5.74) is 10.7. The van der Waals surface area contributed by atoms with Crippen LogP contribution in [0.1, 0.15) is 0 Å². The van der Waals surface area contributed by atoms with Crippen molar-refractivity contribution < 1.29 is 8.83 Å². The minimum absolute atomic E-state index is 0.827. The maximum atomic E-state index is 7.16. The second-order valence-electron chi connectivity index (χ2n) is 13.6. The molecule has 9 aromatic carbocycles. The summed E-state index contributed by atoms with van der Waals surface area (Å²) in [4.78, 5) is 2.33. The first-order valence-electron chi connectivity index (χ1n) is 18.0. The van der Waals surface area contributed by atoms with Crippen LogP contribution in [0.25, 0.3) is 87.7 Å². The summed E-state index contributed by atoms with van der Waals surface area (Å²) < 4.78 is 14.3. The summed E-state index contributed by atoms with van der Waals surface area (Å²) in [5, 5.41) is 8.96. The minimum atomic E-state index is 0.827. The minimum Gasteiger partial charge on any atom is -0.453 e. The molecule has 0 spiro atoms. The number of rotatable bonds is 5. The summed E-state index contributed by atoms with van der Waals surface area (Å²) in [6, 6.07) is 66.4. The van der Waals surface area contributed by atoms with Gasteiger partial charge in [-0.3, -0.25) is 0 Å². The number of benzene rings is 9. The summed E-state index contributed by atoms with van der Waals surface area (Å²) in [6.45, 7) is 0. The second-order valence-corrected chi connectivity index (χ2v) is 13.6. The monoisotopic (exact) mass is 677 g/mol. The molecule has 0 unspecified atom stereocenters. The standard InChI is InChI=1S/C50H31NO2/c1-4-16-32(17-5-1)39-26-14-28-41-45-37-24-12-10-20-34(37)30-43(49(45)52-47(39)41)51(36-22-8-3-9-23-36)44-31-35-21-11-13-25-38(35)46-42-29-15-27-40(48(42)53-50(44)46)33-18-6-2-7-19-33/h1-31H. The number of hydrogen-bond donors (Lipinski definition) is 0. The predicted octanol–water partition coefficient (Wildman–Crippen LogP) is 14.6. The molecule has 0 amide bonds. The highest BCUT2D eigenvalue weighted by Gasteiger charge is 2.27. The Morgan fingerprint density at radius 3 is 1.19 bits per heavy atom. The molecule has 3 nitrogen and oxygen atoms in total. The van der Waals surface area contributed by atoms with Gasteiger partial charge in [-0.15, -0.1) is 0 Å². The number of hydrogen-bond acceptors (Lipinski definition) is 3. The van der Waals surface area contributed by atoms with Crippen LogP contribution >= 0.6 is 0 Å². The van der Waals surface area contributed by atoms with Crippen LogP contribution in [0.5, 0.6) is 0 Å². The first-order chi connectivity index (χ1) is 26.3. The first kappa shape index (κ1) is 29.6. The van der Waals surface area contributed by atoms with Gasteiger partial charge in [0.1, 0.15) is 11.2 Å². The molecule has 2 aromatic heterocycles. The number of fused-ring (bicyclic) bond motifs is 10. The van der Waals surface area contributed by atoms with Gasteiger partial charge < -0.3 is 13.7 Å². The summed E-state index contributed by atoms with van der Waals surface area (Å²) in [7, 11) is 0. The Morgan fingerprint density at radius 2 is 0.717 bits per heavy atom. The highest BCUT2D eigenvalue weighted by atomic mass is 16.3. The van der Waals surface area contributed by atoms with Gasteiger partial charge in [-0.1, -0.05) is 164 Å². The molecule has 0 N–H and O–H groups in total. The van der Waals surface area contributed by atoms with Crippen LogP contribution in [-0.4, -0.2) is 0 Å². The van der Waals surface area contributed by atoms with Crippen LogP contribution in [0.15, 0.2) is 197 Å². The molecule has 0 saturated carbocycles. The van der Waals surface area contributed by atoms with E-state index in [9.17, 15) is 0 Å². The second kappa shape index (κ2) is 11.7. The van der Waals surface area contributed by atoms with Crippen molar-refractivity contribution in [2.45, 2.75) is 0 Å². The summed E-state index contributed by atoms with van der Waals surface area (Å²) >= 11 is 0. The van der Waals surface area contributed by atoms with E-state index < -0.39 is 0 Å². The third-order valence-corrected chi connectivity index (χ3v) is 10.6. The largest absolute Gasteiger partial charge is 0.453 e. The molecular weight excluding hydrogens is 647 g/mol. The lowest BCUT2D eigenvalue weighted by molar-refractivity contribution is 0.667. The number of anilines is 3. The van der Waals surface area contributed by atoms with Gasteiger partial charge in [0.05, 0.1) is 11.4 Å². The van der Waals surface area contributed by atoms with Gasteiger partial charge in [-0.2, -0.15) is 0 Å². The summed E-state index contributed by atoms with van der Waals surface area (Å²) in [5.74, 6) is 0. The Bertz CT molecular complexity index is 2960. The predicted molar refractivity (Wildman–Crippen MR) is 222 cm³/mol. The molecule has 0 aliphatic rings. The van der Waals surface area contributed by atoms with Gasteiger partial charge in [0.2, 0.25) is 0 Å². The first-order valence-corrected chi connectivity index (χ1v) is 18.0. The van der Waals surface area contributed by atoms with Crippen LogP contribution in [0.4, 0.5) is 17.1 Å². The molecule has 0 fully saturated rings. The van der Waals surface area contributed by atoms with Crippen molar-refractivity contribution in [2.75, 3.05) is 4.90 Å². The lowest BCUT2D eigenvalue weighted by Gasteiger charge is -2.26. The van der Waals surface area contributed by atoms with Crippen molar-refractivity contribution >= 4 is 82.5 Å². The Morgan fingerprint density at radius 1 is 0.321 bits per heavy atom. The molecule has 0 aliphatic heterocycles. The average Bonchev–Trinajstić information content (AvgIpc) is 3.83. The molecule has 0 saturated heterocycles. The van der Waals surface area contributed by atoms with Crippen molar-refractivity contribution in [2.24, 2.45) is 0 Å². The smallest absolute Gasteiger partial charge is 0.160 e. The van der Waals surface area contributed by atoms with E-state index in [0.29, 0.717) is 0 Å². The van der Waals surface area contributed by atoms with E-state index in [4.69, 9.17) is 8.83 Å². The molecule has 0 bridgehead atoms. The Labute approximate surface area is 305 Å². The fraction of sp³-hybridized carbons (Fsp3) is 0. The van der Waals surface area contributed by atoms with E-state index in [0.717, 1.165) is 105 Å². The van der Waals surface area contributed by atoms with E-state index in [1.54, 1.807) is 0 Å². The van der Waals surface area contributed by atoms with E-state index in [2.05, 4.69) is 193 Å². The van der Waals surface area contributed by atoms with Crippen molar-refractivity contribution in [3.8, 4) is 22.3 Å². The highest BCUT2D eigenvalue weighted by Crippen LogP contribution is 2.51. The quantitative estimate of drug-likeness (QED) is 0.182. The zero-order chi connectivity index (χ0) is 34.9. The normalized spacial score (nSPS) is 11.8. The van der Waals surface area contributed by atoms with Crippen molar-refractivity contribution in [1.29, 1.82) is 0 Å². The van der Waals surface area contributed by atoms with Gasteiger partial charge in [0, 0.05) is 38.4 Å². The molecule has 0 radical (unpaired) electrons. The number of furan rings is 2. The van der Waals surface area contributed by atoms with Crippen LogP contribution in [0, 0.1) is 0 Å². The molecule has 53 heavy (non-hydrogen) atoms. The third kappa shape index (κ3) is 4.54. The zero-order valence-electron chi connectivity index (χ0n) is 28.7. The summed E-state index contributed by atoms with van der Waals surface area (Å²) in [6.07, 6.45) is 0. The van der Waals surface area contributed by atoms with Gasteiger partial charge in [0.15, 0.2) is 11.2 Å². The van der Waals surface area contributed by atoms with Crippen molar-refractivity contribution in [3.63, 3.8) is 0 Å². The SMILES string of the molecule is c1ccc(-c2cccc3c2oc2c(N(c4ccccc4)c4cc5ccccc5c5c4oc4c(-c6ccccc6)cccc45)cc4ccccc4c23)cc1. The maximum absolute atomic E-state index is 7.16. The topological polar surface area (TPSA) is 29.5 Å². The Kier molecular flexibility index (Phi) is 6.55. The number of para-hydroxylation sites is 3. The van der Waals surface area contributed by atoms with Crippen LogP contribution in [-0.2, 0) is 0 Å². The van der Waals surface area contributed by atoms with Crippen LogP contribution in [0.3, 0.4) is 0 Å². The van der Waals surface area contributed by atoms with E-state index in [1.807, 2.05) is 0 Å². The molecule has 0 aliphatic carbocycles. The van der Waals surface area contributed by atoms with E-state index >= 15 is 0 Å². The third-order valence-electron chi connectivity index (χ3n) is 10.6. The van der Waals surface area contributed by atoms with E-state index in [-0.39, 0.29) is 0 Å². The van der Waals surface area contributed by atoms with Crippen molar-refractivity contribution in [3.05, 3.63) is 188 Å². The Hall–Kier alpha value is -7.10. The number of nitrogens with zero attached hydrogens (tertiary/aromatic N) is 1. The molecule has 11 rings (SSSR count). The van der Waals surface area contributed by atoms with Gasteiger partial charge in [-0.25, -0.2) is 0 Å². The van der Waals surface area contributed by atoms with Crippen molar-refractivity contribution in [1.82, 2.24) is 0 Å². The van der Waals surface area contributed by atoms with Crippen LogP contribution < -0.4 is 4.90 Å². The van der Waals surface area contributed by atoms with Gasteiger partial charge >= 0.3 is 0 Å². The zero-order valence-corrected chi connectivity index (χ0v) is 28.7. The highest BCUT2D eigenvalue weighted by molar-refractivity contribution is 6.27. The van der Waals surface area contributed by atoms with Gasteiger partial charge in [0.25, 0.3) is 0 Å². The molecular formula is C50H31NO2. The fourth-order valence-corrected chi connectivity index (χ4v) is 8.27. The molecule has 3 heteroatoms. The molecule has 248 valence electrons. The molecule has 2 heterocycles. The average molecular weight is 678 g/mol. The van der Waals surface area contributed by atoms with E-state index in [1.165, 1.54) is 0 Å². The Balaban J connectivity index is 1.29. The fourth-order valence-electron chi connectivity index (χ4n) is 8.27. The van der Waals surface area contributed by atoms with Gasteiger partial charge in [-0.05, 0) is 56.9 Å². The lowest BCUT2D eigenvalue weighted by Crippen LogP contribution is -2.10. The molecule has 0 atom stereocenters. The maximum Gasteiger partial charge on any atom is 0.160 e. The molecule has 11 aromatic rings. The lowest BCUT2D eigenvalue weighted by atomic mass is 9.97. The van der Waals surface area contributed by atoms with Crippen LogP contribution in [0.2, 0.25) is 0 Å².